The number of carbonyl (C=O) groups excluding carboxylic acids is 1. The number of rotatable bonds is 8. The summed E-state index contributed by atoms with van der Waals surface area (Å²) in [6.45, 7) is 0.0796. The van der Waals surface area contributed by atoms with Crippen LogP contribution in [0.25, 0.3) is 10.9 Å². The first-order valence-electron chi connectivity index (χ1n) is 12.6. The van der Waals surface area contributed by atoms with E-state index in [0.717, 1.165) is 10.6 Å². The average molecular weight is 618 g/mol. The Morgan fingerprint density at radius 1 is 1.10 bits per heavy atom. The third-order valence-corrected chi connectivity index (χ3v) is 8.72. The van der Waals surface area contributed by atoms with Gasteiger partial charge in [0.05, 0.1) is 36.7 Å². The minimum absolute atomic E-state index is 0.00200. The smallest absolute Gasteiger partial charge is 0.258 e. The molecular formula is C29H26ClF2N3O6S. The minimum Gasteiger partial charge on any atom is -0.505 e. The lowest BCUT2D eigenvalue weighted by molar-refractivity contribution is 0.0763. The molecule has 42 heavy (non-hydrogen) atoms. The van der Waals surface area contributed by atoms with Crippen molar-refractivity contribution in [2.45, 2.75) is 19.5 Å². The predicted molar refractivity (Wildman–Crippen MR) is 154 cm³/mol. The lowest BCUT2D eigenvalue weighted by atomic mass is 9.98. The van der Waals surface area contributed by atoms with E-state index < -0.39 is 33.3 Å². The molecule has 0 fully saturated rings. The second-order valence-electron chi connectivity index (χ2n) is 9.89. The molecular weight excluding hydrogens is 592 g/mol. The molecule has 1 aliphatic heterocycles. The van der Waals surface area contributed by atoms with E-state index in [-0.39, 0.29) is 52.3 Å². The Kier molecular flexibility index (Phi) is 7.62. The van der Waals surface area contributed by atoms with E-state index in [0.29, 0.717) is 34.3 Å². The Hall–Kier alpha value is -4.16. The molecule has 5 rings (SSSR count). The number of benzene rings is 3. The fourth-order valence-electron chi connectivity index (χ4n) is 5.08. The summed E-state index contributed by atoms with van der Waals surface area (Å²) in [5.41, 5.74) is 1.60. The van der Waals surface area contributed by atoms with E-state index >= 15 is 0 Å². The number of amides is 1. The topological polar surface area (TPSA) is 109 Å². The lowest BCUT2D eigenvalue weighted by Gasteiger charge is -2.23. The Bertz CT molecular complexity index is 1870. The van der Waals surface area contributed by atoms with E-state index in [4.69, 9.17) is 21.1 Å². The summed E-state index contributed by atoms with van der Waals surface area (Å²) in [4.78, 5) is 19.4. The lowest BCUT2D eigenvalue weighted by Crippen LogP contribution is -2.26. The highest BCUT2D eigenvalue weighted by Crippen LogP contribution is 2.45. The van der Waals surface area contributed by atoms with Crippen LogP contribution >= 0.6 is 11.6 Å². The van der Waals surface area contributed by atoms with Crippen LogP contribution in [0.2, 0.25) is 5.02 Å². The van der Waals surface area contributed by atoms with E-state index in [1.807, 2.05) is 0 Å². The molecule has 0 atom stereocenters. The quantitative estimate of drug-likeness (QED) is 0.276. The summed E-state index contributed by atoms with van der Waals surface area (Å²) in [6.07, 6.45) is 2.34. The number of fused-ring (bicyclic) bond motifs is 2. The molecule has 0 radical (unpaired) electrons. The van der Waals surface area contributed by atoms with Gasteiger partial charge in [0.1, 0.15) is 28.7 Å². The first-order chi connectivity index (χ1) is 19.8. The Morgan fingerprint density at radius 2 is 1.83 bits per heavy atom. The van der Waals surface area contributed by atoms with Gasteiger partial charge in [-0.2, -0.15) is 0 Å². The van der Waals surface area contributed by atoms with Gasteiger partial charge in [-0.05, 0) is 35.4 Å². The summed E-state index contributed by atoms with van der Waals surface area (Å²) >= 11 is 5.85. The molecule has 9 nitrogen and oxygen atoms in total. The number of carbonyl (C=O) groups is 1. The number of aromatic nitrogens is 1. The molecule has 1 aliphatic rings. The maximum atomic E-state index is 14.5. The molecule has 1 amide bonds. The molecule has 1 aromatic heterocycles. The molecule has 0 aliphatic carbocycles. The number of ether oxygens (including phenoxy) is 2. The van der Waals surface area contributed by atoms with Gasteiger partial charge >= 0.3 is 0 Å². The number of aromatic hydroxyl groups is 1. The number of anilines is 1. The number of phenolic OH excluding ortho intramolecular Hbond substituents is 1. The summed E-state index contributed by atoms with van der Waals surface area (Å²) in [5.74, 6) is -1.56. The fourth-order valence-corrected chi connectivity index (χ4v) is 5.81. The van der Waals surface area contributed by atoms with Gasteiger partial charge in [0.25, 0.3) is 5.91 Å². The van der Waals surface area contributed by atoms with Crippen molar-refractivity contribution in [1.29, 1.82) is 0 Å². The number of hydrogen-bond donors (Lipinski definition) is 1. The molecule has 0 bridgehead atoms. The van der Waals surface area contributed by atoms with Crippen molar-refractivity contribution in [3.05, 3.63) is 87.1 Å². The zero-order valence-electron chi connectivity index (χ0n) is 23.0. The molecule has 0 saturated heterocycles. The van der Waals surface area contributed by atoms with E-state index in [1.165, 1.54) is 38.4 Å². The number of nitrogens with zero attached hydrogens (tertiary/aromatic N) is 3. The van der Waals surface area contributed by atoms with E-state index in [2.05, 4.69) is 4.98 Å². The summed E-state index contributed by atoms with van der Waals surface area (Å²) in [7, 11) is 0.511. The maximum Gasteiger partial charge on any atom is 0.258 e. The van der Waals surface area contributed by atoms with Crippen molar-refractivity contribution < 1.29 is 36.6 Å². The van der Waals surface area contributed by atoms with Crippen LogP contribution < -0.4 is 13.8 Å². The Labute approximate surface area is 245 Å². The SMILES string of the molecule is COc1ccc(CN2Cc3c(c(O)c4ncc(Cc5cc(Cl)c(F)cc5F)cc4c3N(C)S(C)(=O)=O)C2=O)c(OC)c1. The second kappa shape index (κ2) is 10.9. The number of methoxy groups -OCH3 is 2. The number of pyridine rings is 1. The average Bonchev–Trinajstić information content (AvgIpc) is 3.26. The molecule has 0 unspecified atom stereocenters. The van der Waals surface area contributed by atoms with Gasteiger partial charge < -0.3 is 19.5 Å². The van der Waals surface area contributed by atoms with Crippen LogP contribution in [0.15, 0.2) is 42.6 Å². The van der Waals surface area contributed by atoms with Gasteiger partial charge in [-0.3, -0.25) is 14.1 Å². The summed E-state index contributed by atoms with van der Waals surface area (Å²) in [5, 5.41) is 11.2. The first kappa shape index (κ1) is 29.3. The van der Waals surface area contributed by atoms with Crippen LogP contribution in [0.4, 0.5) is 14.5 Å². The van der Waals surface area contributed by atoms with Crippen LogP contribution in [-0.4, -0.2) is 56.8 Å². The van der Waals surface area contributed by atoms with Crippen LogP contribution in [0, 0.1) is 11.6 Å². The maximum absolute atomic E-state index is 14.5. The molecule has 13 heteroatoms. The molecule has 1 N–H and O–H groups in total. The number of sulfonamides is 1. The van der Waals surface area contributed by atoms with E-state index in [9.17, 15) is 27.1 Å². The zero-order chi connectivity index (χ0) is 30.5. The van der Waals surface area contributed by atoms with Crippen molar-refractivity contribution in [3.63, 3.8) is 0 Å². The minimum atomic E-state index is -3.84. The van der Waals surface area contributed by atoms with Gasteiger partial charge in [0, 0.05) is 61.4 Å². The fraction of sp³-hybridized carbons (Fsp3) is 0.241. The number of hydrogen-bond acceptors (Lipinski definition) is 7. The Balaban J connectivity index is 1.64. The van der Waals surface area contributed by atoms with E-state index in [1.54, 1.807) is 24.3 Å². The second-order valence-corrected chi connectivity index (χ2v) is 12.3. The van der Waals surface area contributed by atoms with Gasteiger partial charge in [-0.15, -0.1) is 0 Å². The van der Waals surface area contributed by atoms with Crippen LogP contribution in [0.1, 0.15) is 32.6 Å². The predicted octanol–water partition coefficient (Wildman–Crippen LogP) is 5.03. The highest BCUT2D eigenvalue weighted by atomic mass is 35.5. The standard InChI is InChI=1S/C29H26ClF2N3O6S/c1-34(42(4,38)39)27-19-8-15(7-17-9-21(30)23(32)11-22(17)31)12-33-26(19)28(36)25-20(27)14-35(29(25)37)13-16-5-6-18(40-2)10-24(16)41-3/h5-6,8-12,36H,7,13-14H2,1-4H3. The van der Waals surface area contributed by atoms with Gasteiger partial charge in [-0.1, -0.05) is 11.6 Å². The first-order valence-corrected chi connectivity index (χ1v) is 14.8. The molecule has 2 heterocycles. The van der Waals surface area contributed by atoms with Crippen molar-refractivity contribution in [2.24, 2.45) is 0 Å². The molecule has 0 saturated carbocycles. The Morgan fingerprint density at radius 3 is 2.50 bits per heavy atom. The number of phenols is 1. The third-order valence-electron chi connectivity index (χ3n) is 7.25. The van der Waals surface area contributed by atoms with Crippen molar-refractivity contribution >= 4 is 44.1 Å². The highest BCUT2D eigenvalue weighted by Gasteiger charge is 2.37. The van der Waals surface area contributed by atoms with Crippen LogP contribution in [0.5, 0.6) is 17.2 Å². The molecule has 3 aromatic carbocycles. The zero-order valence-corrected chi connectivity index (χ0v) is 24.6. The normalized spacial score (nSPS) is 13.0. The van der Waals surface area contributed by atoms with Crippen LogP contribution in [0.3, 0.4) is 0 Å². The summed E-state index contributed by atoms with van der Waals surface area (Å²) in [6, 6.07) is 8.58. The summed E-state index contributed by atoms with van der Waals surface area (Å²) < 4.78 is 65.5. The van der Waals surface area contributed by atoms with Crippen molar-refractivity contribution in [2.75, 3.05) is 31.8 Å². The molecule has 0 spiro atoms. The largest absolute Gasteiger partial charge is 0.505 e. The monoisotopic (exact) mass is 617 g/mol. The van der Waals surface area contributed by atoms with Gasteiger partial charge in [0.2, 0.25) is 10.0 Å². The van der Waals surface area contributed by atoms with Gasteiger partial charge in [0.15, 0.2) is 5.75 Å². The van der Waals surface area contributed by atoms with Crippen molar-refractivity contribution in [1.82, 2.24) is 9.88 Å². The van der Waals surface area contributed by atoms with Gasteiger partial charge in [-0.25, -0.2) is 17.2 Å². The molecule has 220 valence electrons. The highest BCUT2D eigenvalue weighted by molar-refractivity contribution is 7.92. The molecule has 4 aromatic rings. The van der Waals surface area contributed by atoms with Crippen molar-refractivity contribution in [3.8, 4) is 17.2 Å². The number of halogens is 3. The van der Waals surface area contributed by atoms with Crippen LogP contribution in [-0.2, 0) is 29.5 Å². The third kappa shape index (κ3) is 5.16.